The highest BCUT2D eigenvalue weighted by Crippen LogP contribution is 2.35. The van der Waals surface area contributed by atoms with E-state index in [2.05, 4.69) is 29.9 Å². The highest BCUT2D eigenvalue weighted by molar-refractivity contribution is 5.17. The lowest BCUT2D eigenvalue weighted by Crippen LogP contribution is -2.45. The van der Waals surface area contributed by atoms with Gasteiger partial charge in [-0.1, -0.05) is 13.0 Å². The zero-order chi connectivity index (χ0) is 8.55. The van der Waals surface area contributed by atoms with Crippen LogP contribution in [0.15, 0.2) is 24.5 Å². The largest absolute Gasteiger partial charge is 0.299 e. The van der Waals surface area contributed by atoms with Crippen molar-refractivity contribution >= 4 is 0 Å². The summed E-state index contributed by atoms with van der Waals surface area (Å²) in [5.74, 6) is 0.777. The summed E-state index contributed by atoms with van der Waals surface area (Å²) in [5.41, 5.74) is 1.35. The van der Waals surface area contributed by atoms with Gasteiger partial charge in [-0.2, -0.15) is 0 Å². The molecule has 0 amide bonds. The molecule has 1 aromatic heterocycles. The van der Waals surface area contributed by atoms with E-state index in [1.165, 1.54) is 12.1 Å². The van der Waals surface area contributed by atoms with Crippen molar-refractivity contribution in [2.45, 2.75) is 13.0 Å². The van der Waals surface area contributed by atoms with Crippen molar-refractivity contribution < 1.29 is 0 Å². The smallest absolute Gasteiger partial charge is 0.0398 e. The van der Waals surface area contributed by atoms with Crippen LogP contribution in [-0.4, -0.2) is 23.5 Å². The molecule has 1 saturated heterocycles. The molecular weight excluding hydrogens is 148 g/mol. The van der Waals surface area contributed by atoms with E-state index in [4.69, 9.17) is 0 Å². The van der Waals surface area contributed by atoms with Gasteiger partial charge in [-0.15, -0.1) is 0 Å². The Labute approximate surface area is 73.2 Å². The van der Waals surface area contributed by atoms with Gasteiger partial charge in [0.1, 0.15) is 0 Å². The molecular formula is C10H14N2. The average molecular weight is 162 g/mol. The predicted molar refractivity (Wildman–Crippen MR) is 48.8 cm³/mol. The van der Waals surface area contributed by atoms with Gasteiger partial charge in [-0.25, -0.2) is 0 Å². The van der Waals surface area contributed by atoms with E-state index < -0.39 is 0 Å². The minimum absolute atomic E-state index is 0.596. The van der Waals surface area contributed by atoms with Crippen LogP contribution in [0.2, 0.25) is 0 Å². The molecule has 0 radical (unpaired) electrons. The first kappa shape index (κ1) is 7.74. The molecule has 0 spiro atoms. The summed E-state index contributed by atoms with van der Waals surface area (Å²) < 4.78 is 0. The van der Waals surface area contributed by atoms with Gasteiger partial charge in [0.25, 0.3) is 0 Å². The maximum Gasteiger partial charge on any atom is 0.0398 e. The quantitative estimate of drug-likeness (QED) is 0.625. The van der Waals surface area contributed by atoms with Gasteiger partial charge in [0.2, 0.25) is 0 Å². The van der Waals surface area contributed by atoms with Gasteiger partial charge >= 0.3 is 0 Å². The Kier molecular flexibility index (Phi) is 1.85. The van der Waals surface area contributed by atoms with E-state index in [0.717, 1.165) is 5.92 Å². The minimum Gasteiger partial charge on any atom is -0.299 e. The fraction of sp³-hybridized carbons (Fsp3) is 0.500. The van der Waals surface area contributed by atoms with E-state index in [-0.39, 0.29) is 0 Å². The normalized spacial score (nSPS) is 29.8. The van der Waals surface area contributed by atoms with Crippen LogP contribution in [0.1, 0.15) is 18.5 Å². The standard InChI is InChI=1S/C10H14N2/c1-8-7-12(2)10(8)9-4-3-5-11-6-9/h3-6,8,10H,7H2,1-2H3/t8-,10+/m0/s1. The lowest BCUT2D eigenvalue weighted by molar-refractivity contribution is 0.0527. The molecule has 2 nitrogen and oxygen atoms in total. The van der Waals surface area contributed by atoms with Crippen LogP contribution < -0.4 is 0 Å². The van der Waals surface area contributed by atoms with E-state index in [0.29, 0.717) is 6.04 Å². The summed E-state index contributed by atoms with van der Waals surface area (Å²) in [5, 5.41) is 0. The van der Waals surface area contributed by atoms with Gasteiger partial charge in [0, 0.05) is 25.0 Å². The molecule has 0 saturated carbocycles. The molecule has 1 aromatic rings. The van der Waals surface area contributed by atoms with Crippen LogP contribution in [-0.2, 0) is 0 Å². The summed E-state index contributed by atoms with van der Waals surface area (Å²) in [7, 11) is 2.16. The van der Waals surface area contributed by atoms with Crippen molar-refractivity contribution in [1.29, 1.82) is 0 Å². The third kappa shape index (κ3) is 1.12. The van der Waals surface area contributed by atoms with E-state index in [9.17, 15) is 0 Å². The minimum atomic E-state index is 0.596. The molecule has 2 rings (SSSR count). The number of pyridine rings is 1. The SMILES string of the molecule is C[C@H]1CN(C)[C@H]1c1cccnc1. The zero-order valence-corrected chi connectivity index (χ0v) is 7.57. The van der Waals surface area contributed by atoms with Crippen molar-refractivity contribution in [2.24, 2.45) is 5.92 Å². The fourth-order valence-corrected chi connectivity index (χ4v) is 2.10. The van der Waals surface area contributed by atoms with Crippen LogP contribution in [0.4, 0.5) is 0 Å². The summed E-state index contributed by atoms with van der Waals surface area (Å²) in [6, 6.07) is 4.76. The second kappa shape index (κ2) is 2.87. The van der Waals surface area contributed by atoms with Crippen LogP contribution in [0.25, 0.3) is 0 Å². The van der Waals surface area contributed by atoms with Crippen LogP contribution in [0, 0.1) is 5.92 Å². The summed E-state index contributed by atoms with van der Waals surface area (Å²) in [6.45, 7) is 3.50. The van der Waals surface area contributed by atoms with Gasteiger partial charge in [0.05, 0.1) is 0 Å². The predicted octanol–water partition coefficient (Wildman–Crippen LogP) is 1.70. The van der Waals surface area contributed by atoms with Gasteiger partial charge in [-0.05, 0) is 24.6 Å². The molecule has 12 heavy (non-hydrogen) atoms. The number of likely N-dealkylation sites (tertiary alicyclic amines) is 1. The Morgan fingerprint density at radius 2 is 2.42 bits per heavy atom. The maximum atomic E-state index is 4.13. The third-order valence-corrected chi connectivity index (χ3v) is 2.62. The van der Waals surface area contributed by atoms with Crippen LogP contribution in [0.5, 0.6) is 0 Å². The molecule has 1 aliphatic heterocycles. The van der Waals surface area contributed by atoms with Crippen molar-refractivity contribution in [2.75, 3.05) is 13.6 Å². The first-order valence-corrected chi connectivity index (χ1v) is 4.39. The van der Waals surface area contributed by atoms with Crippen molar-refractivity contribution in [3.05, 3.63) is 30.1 Å². The first-order valence-electron chi connectivity index (χ1n) is 4.39. The molecule has 1 fully saturated rings. The molecule has 2 atom stereocenters. The van der Waals surface area contributed by atoms with Gasteiger partial charge in [-0.3, -0.25) is 9.88 Å². The lowest BCUT2D eigenvalue weighted by Gasteiger charge is -2.44. The Bertz CT molecular complexity index is 250. The summed E-state index contributed by atoms with van der Waals surface area (Å²) in [4.78, 5) is 6.49. The number of rotatable bonds is 1. The Morgan fingerprint density at radius 3 is 2.92 bits per heavy atom. The molecule has 0 unspecified atom stereocenters. The number of aromatic nitrogens is 1. The Morgan fingerprint density at radius 1 is 1.58 bits per heavy atom. The lowest BCUT2D eigenvalue weighted by atomic mass is 9.86. The summed E-state index contributed by atoms with van der Waals surface area (Å²) in [6.07, 6.45) is 3.80. The molecule has 2 heteroatoms. The number of nitrogens with zero attached hydrogens (tertiary/aromatic N) is 2. The second-order valence-corrected chi connectivity index (χ2v) is 3.65. The molecule has 2 heterocycles. The Balaban J connectivity index is 2.20. The molecule has 0 aromatic carbocycles. The van der Waals surface area contributed by atoms with E-state index in [1.807, 2.05) is 18.5 Å². The van der Waals surface area contributed by atoms with Gasteiger partial charge in [0.15, 0.2) is 0 Å². The molecule has 0 aliphatic carbocycles. The third-order valence-electron chi connectivity index (χ3n) is 2.62. The van der Waals surface area contributed by atoms with E-state index >= 15 is 0 Å². The van der Waals surface area contributed by atoms with E-state index in [1.54, 1.807) is 0 Å². The molecule has 0 N–H and O–H groups in total. The fourth-order valence-electron chi connectivity index (χ4n) is 2.10. The molecule has 1 aliphatic rings. The Hall–Kier alpha value is -0.890. The zero-order valence-electron chi connectivity index (χ0n) is 7.57. The maximum absolute atomic E-state index is 4.13. The van der Waals surface area contributed by atoms with Gasteiger partial charge < -0.3 is 0 Å². The highest BCUT2D eigenvalue weighted by atomic mass is 15.2. The molecule has 0 bridgehead atoms. The topological polar surface area (TPSA) is 16.1 Å². The second-order valence-electron chi connectivity index (χ2n) is 3.65. The number of hydrogen-bond donors (Lipinski definition) is 0. The molecule has 64 valence electrons. The average Bonchev–Trinajstić information content (AvgIpc) is 2.05. The first-order chi connectivity index (χ1) is 5.79. The summed E-state index contributed by atoms with van der Waals surface area (Å²) >= 11 is 0. The highest BCUT2D eigenvalue weighted by Gasteiger charge is 2.33. The van der Waals surface area contributed by atoms with Crippen molar-refractivity contribution in [3.8, 4) is 0 Å². The number of hydrogen-bond acceptors (Lipinski definition) is 2. The van der Waals surface area contributed by atoms with Crippen LogP contribution in [0.3, 0.4) is 0 Å². The van der Waals surface area contributed by atoms with Crippen molar-refractivity contribution in [1.82, 2.24) is 9.88 Å². The van der Waals surface area contributed by atoms with Crippen molar-refractivity contribution in [3.63, 3.8) is 0 Å². The van der Waals surface area contributed by atoms with Crippen LogP contribution >= 0.6 is 0 Å². The monoisotopic (exact) mass is 162 g/mol.